The number of fused-ring (bicyclic) bond motifs is 1. The van der Waals surface area contributed by atoms with Gasteiger partial charge in [0.25, 0.3) is 0 Å². The molecule has 3 nitrogen and oxygen atoms in total. The lowest BCUT2D eigenvalue weighted by atomic mass is 10.2. The molecule has 13 heavy (non-hydrogen) atoms. The number of pyridine rings is 1. The predicted molar refractivity (Wildman–Crippen MR) is 52.4 cm³/mol. The lowest BCUT2D eigenvalue weighted by molar-refractivity contribution is 0.399. The average molecular weight is 197 g/mol. The Hall–Kier alpha value is -1.22. The summed E-state index contributed by atoms with van der Waals surface area (Å²) >= 11 is 5.93. The Labute approximate surface area is 80.7 Å². The molecule has 0 saturated carbocycles. The number of rotatable bonds is 1. The lowest BCUT2D eigenvalue weighted by Gasteiger charge is -2.00. The summed E-state index contributed by atoms with van der Waals surface area (Å²) in [5, 5.41) is 1.50. The molecule has 0 unspecified atom stereocenters. The molecule has 1 N–H and O–H groups in total. The van der Waals surface area contributed by atoms with Crippen molar-refractivity contribution < 1.29 is 4.74 Å². The van der Waals surface area contributed by atoms with Gasteiger partial charge in [-0.05, 0) is 12.5 Å². The van der Waals surface area contributed by atoms with Crippen LogP contribution in [0.1, 0.15) is 5.56 Å². The monoisotopic (exact) mass is 196 g/mol. The van der Waals surface area contributed by atoms with Crippen LogP contribution in [-0.2, 0) is 0 Å². The Morgan fingerprint density at radius 1 is 1.54 bits per heavy atom. The average Bonchev–Trinajstić information content (AvgIpc) is 2.48. The van der Waals surface area contributed by atoms with Crippen molar-refractivity contribution in [1.82, 2.24) is 9.97 Å². The Bertz CT molecular complexity index is 450. The number of nitrogens with zero attached hydrogens (tertiary/aromatic N) is 1. The largest absolute Gasteiger partial charge is 0.481 e. The van der Waals surface area contributed by atoms with E-state index >= 15 is 0 Å². The van der Waals surface area contributed by atoms with Crippen molar-refractivity contribution in [3.05, 3.63) is 23.0 Å². The highest BCUT2D eigenvalue weighted by Crippen LogP contribution is 2.26. The molecule has 0 fully saturated rings. The first-order valence-corrected chi connectivity index (χ1v) is 4.28. The molecule has 0 aliphatic rings. The maximum atomic E-state index is 5.93. The molecule has 0 spiro atoms. The molecule has 2 heterocycles. The number of aromatic nitrogens is 2. The predicted octanol–water partition coefficient (Wildman–Crippen LogP) is 2.53. The zero-order valence-electron chi connectivity index (χ0n) is 7.39. The van der Waals surface area contributed by atoms with Crippen LogP contribution in [0.15, 0.2) is 12.3 Å². The summed E-state index contributed by atoms with van der Waals surface area (Å²) in [4.78, 5) is 7.10. The van der Waals surface area contributed by atoms with Crippen LogP contribution in [0.4, 0.5) is 0 Å². The van der Waals surface area contributed by atoms with Crippen molar-refractivity contribution in [3.8, 4) is 5.88 Å². The van der Waals surface area contributed by atoms with Gasteiger partial charge in [0, 0.05) is 17.6 Å². The molecule has 0 saturated heterocycles. The van der Waals surface area contributed by atoms with Gasteiger partial charge >= 0.3 is 0 Å². The molecule has 0 aromatic carbocycles. The maximum Gasteiger partial charge on any atom is 0.215 e. The van der Waals surface area contributed by atoms with E-state index < -0.39 is 0 Å². The first kappa shape index (κ1) is 8.38. The number of aromatic amines is 1. The molecule has 2 aromatic heterocycles. The van der Waals surface area contributed by atoms with E-state index in [1.165, 1.54) is 0 Å². The minimum Gasteiger partial charge on any atom is -0.481 e. The van der Waals surface area contributed by atoms with Crippen LogP contribution in [-0.4, -0.2) is 17.1 Å². The summed E-state index contributed by atoms with van der Waals surface area (Å²) in [6.07, 6.45) is 1.90. The number of ether oxygens (including phenoxy) is 1. The summed E-state index contributed by atoms with van der Waals surface area (Å²) in [6, 6.07) is 1.87. The third-order valence-corrected chi connectivity index (χ3v) is 2.29. The number of hydrogen-bond donors (Lipinski definition) is 1. The standard InChI is InChI=1S/C9H9ClN2O/c1-5-4-11-8-6(5)3-7(13-2)12-9(8)10/h3-4,11H,1-2H3. The fourth-order valence-corrected chi connectivity index (χ4v) is 1.54. The number of halogens is 1. The molecular weight excluding hydrogens is 188 g/mol. The third kappa shape index (κ3) is 1.25. The zero-order valence-corrected chi connectivity index (χ0v) is 8.14. The van der Waals surface area contributed by atoms with Crippen LogP contribution < -0.4 is 4.74 Å². The fourth-order valence-electron chi connectivity index (χ4n) is 1.30. The Kier molecular flexibility index (Phi) is 1.88. The molecule has 0 bridgehead atoms. The first-order chi connectivity index (χ1) is 6.22. The van der Waals surface area contributed by atoms with Crippen molar-refractivity contribution in [3.63, 3.8) is 0 Å². The van der Waals surface area contributed by atoms with Crippen molar-refractivity contribution in [1.29, 1.82) is 0 Å². The highest BCUT2D eigenvalue weighted by molar-refractivity contribution is 6.34. The fraction of sp³-hybridized carbons (Fsp3) is 0.222. The second kappa shape index (κ2) is 2.92. The smallest absolute Gasteiger partial charge is 0.215 e. The van der Waals surface area contributed by atoms with Gasteiger partial charge in [0.2, 0.25) is 5.88 Å². The van der Waals surface area contributed by atoms with Gasteiger partial charge in [-0.25, -0.2) is 0 Å². The molecule has 2 rings (SSSR count). The van der Waals surface area contributed by atoms with E-state index in [0.29, 0.717) is 11.0 Å². The molecule has 4 heteroatoms. The topological polar surface area (TPSA) is 37.9 Å². The lowest BCUT2D eigenvalue weighted by Crippen LogP contribution is -1.88. The van der Waals surface area contributed by atoms with Gasteiger partial charge in [0.1, 0.15) is 0 Å². The van der Waals surface area contributed by atoms with Crippen molar-refractivity contribution in [2.24, 2.45) is 0 Å². The van der Waals surface area contributed by atoms with Crippen LogP contribution in [0.5, 0.6) is 5.88 Å². The van der Waals surface area contributed by atoms with E-state index in [4.69, 9.17) is 16.3 Å². The number of hydrogen-bond acceptors (Lipinski definition) is 2. The van der Waals surface area contributed by atoms with Crippen LogP contribution in [0.2, 0.25) is 5.15 Å². The number of methoxy groups -OCH3 is 1. The number of nitrogens with one attached hydrogen (secondary N) is 1. The summed E-state index contributed by atoms with van der Waals surface area (Å²) in [7, 11) is 1.58. The molecule has 0 atom stereocenters. The van der Waals surface area contributed by atoms with E-state index in [0.717, 1.165) is 16.5 Å². The van der Waals surface area contributed by atoms with Gasteiger partial charge in [-0.2, -0.15) is 4.98 Å². The second-order valence-electron chi connectivity index (χ2n) is 2.85. The number of H-pyrrole nitrogens is 1. The summed E-state index contributed by atoms with van der Waals surface area (Å²) in [5.74, 6) is 0.542. The third-order valence-electron chi connectivity index (χ3n) is 2.02. The Morgan fingerprint density at radius 2 is 2.31 bits per heavy atom. The minimum absolute atomic E-state index is 0.447. The summed E-state index contributed by atoms with van der Waals surface area (Å²) in [5.41, 5.74) is 2.00. The number of aryl methyl sites for hydroxylation is 1. The highest BCUT2D eigenvalue weighted by Gasteiger charge is 2.07. The molecular formula is C9H9ClN2O. The van der Waals surface area contributed by atoms with Crippen LogP contribution >= 0.6 is 11.6 Å². The first-order valence-electron chi connectivity index (χ1n) is 3.90. The van der Waals surface area contributed by atoms with E-state index in [9.17, 15) is 0 Å². The molecule has 68 valence electrons. The zero-order chi connectivity index (χ0) is 9.42. The minimum atomic E-state index is 0.447. The van der Waals surface area contributed by atoms with Crippen LogP contribution in [0.3, 0.4) is 0 Å². The van der Waals surface area contributed by atoms with Gasteiger partial charge < -0.3 is 9.72 Å². The Balaban J connectivity index is 2.80. The molecule has 0 amide bonds. The van der Waals surface area contributed by atoms with Crippen LogP contribution in [0.25, 0.3) is 10.9 Å². The SMILES string of the molecule is COc1cc2c(C)c[nH]c2c(Cl)n1. The molecule has 0 radical (unpaired) electrons. The molecule has 0 aliphatic carbocycles. The maximum absolute atomic E-state index is 5.93. The van der Waals surface area contributed by atoms with Crippen molar-refractivity contribution in [2.75, 3.05) is 7.11 Å². The molecule has 2 aromatic rings. The van der Waals surface area contributed by atoms with E-state index in [1.54, 1.807) is 7.11 Å². The van der Waals surface area contributed by atoms with Gasteiger partial charge in [-0.15, -0.1) is 0 Å². The van der Waals surface area contributed by atoms with E-state index in [-0.39, 0.29) is 0 Å². The highest BCUT2D eigenvalue weighted by atomic mass is 35.5. The molecule has 0 aliphatic heterocycles. The van der Waals surface area contributed by atoms with Gasteiger partial charge in [0.15, 0.2) is 5.15 Å². The van der Waals surface area contributed by atoms with E-state index in [1.807, 2.05) is 19.2 Å². The summed E-state index contributed by atoms with van der Waals surface area (Å²) < 4.78 is 5.02. The quantitative estimate of drug-likeness (QED) is 0.712. The normalized spacial score (nSPS) is 10.7. The second-order valence-corrected chi connectivity index (χ2v) is 3.21. The van der Waals surface area contributed by atoms with E-state index in [2.05, 4.69) is 9.97 Å². The van der Waals surface area contributed by atoms with Gasteiger partial charge in [0.05, 0.1) is 12.6 Å². The van der Waals surface area contributed by atoms with Crippen molar-refractivity contribution >= 4 is 22.5 Å². The Morgan fingerprint density at radius 3 is 3.00 bits per heavy atom. The summed E-state index contributed by atoms with van der Waals surface area (Å²) in [6.45, 7) is 2.01. The van der Waals surface area contributed by atoms with Gasteiger partial charge in [-0.3, -0.25) is 0 Å². The van der Waals surface area contributed by atoms with Crippen LogP contribution in [0, 0.1) is 6.92 Å². The van der Waals surface area contributed by atoms with Crippen molar-refractivity contribution in [2.45, 2.75) is 6.92 Å². The van der Waals surface area contributed by atoms with Gasteiger partial charge in [-0.1, -0.05) is 11.6 Å².